The molecule has 2 aromatic heterocycles. The Labute approximate surface area is 98.2 Å². The van der Waals surface area contributed by atoms with Crippen molar-refractivity contribution in [3.05, 3.63) is 34.3 Å². The van der Waals surface area contributed by atoms with E-state index in [-0.39, 0.29) is 0 Å². The van der Waals surface area contributed by atoms with Crippen molar-refractivity contribution in [2.24, 2.45) is 0 Å². The van der Waals surface area contributed by atoms with Crippen LogP contribution in [-0.2, 0) is 6.54 Å². The first-order chi connectivity index (χ1) is 7.70. The van der Waals surface area contributed by atoms with Crippen LogP contribution in [0.15, 0.2) is 17.8 Å². The van der Waals surface area contributed by atoms with E-state index >= 15 is 0 Å². The van der Waals surface area contributed by atoms with Gasteiger partial charge in [-0.1, -0.05) is 13.8 Å². The number of rotatable bonds is 3. The maximum Gasteiger partial charge on any atom is 0.213 e. The Morgan fingerprint density at radius 3 is 3.00 bits per heavy atom. The fourth-order valence-electron chi connectivity index (χ4n) is 1.38. The number of imidazole rings is 1. The van der Waals surface area contributed by atoms with E-state index in [2.05, 4.69) is 29.9 Å². The molecule has 0 N–H and O–H groups in total. The van der Waals surface area contributed by atoms with E-state index in [1.54, 1.807) is 28.3 Å². The van der Waals surface area contributed by atoms with Gasteiger partial charge in [-0.05, 0) is 0 Å². The van der Waals surface area contributed by atoms with E-state index < -0.39 is 0 Å². The molecule has 82 valence electrons. The molecule has 0 saturated carbocycles. The van der Waals surface area contributed by atoms with Gasteiger partial charge in [0.05, 0.1) is 17.2 Å². The molecule has 0 fully saturated rings. The van der Waals surface area contributed by atoms with Crippen LogP contribution in [0.25, 0.3) is 0 Å². The van der Waals surface area contributed by atoms with E-state index in [4.69, 9.17) is 5.26 Å². The highest BCUT2D eigenvalue weighted by Gasteiger charge is 2.08. The molecule has 16 heavy (non-hydrogen) atoms. The van der Waals surface area contributed by atoms with Gasteiger partial charge in [-0.15, -0.1) is 11.3 Å². The minimum absolute atomic E-state index is 0.430. The lowest BCUT2D eigenvalue weighted by molar-refractivity contribution is 0.752. The third-order valence-corrected chi connectivity index (χ3v) is 3.41. The molecule has 0 bridgehead atoms. The number of aromatic nitrogens is 3. The summed E-state index contributed by atoms with van der Waals surface area (Å²) in [5.41, 5.74) is 0.989. The predicted octanol–water partition coefficient (Wildman–Crippen LogP) is 2.38. The number of hydrogen-bond donors (Lipinski definition) is 0. The summed E-state index contributed by atoms with van der Waals surface area (Å²) in [4.78, 5) is 8.47. The molecular formula is C11H12N4S. The molecular weight excluding hydrogens is 220 g/mol. The van der Waals surface area contributed by atoms with Gasteiger partial charge in [-0.25, -0.2) is 9.97 Å². The summed E-state index contributed by atoms with van der Waals surface area (Å²) in [6, 6.07) is 2.05. The molecule has 0 saturated heterocycles. The van der Waals surface area contributed by atoms with Gasteiger partial charge in [-0.2, -0.15) is 5.26 Å². The van der Waals surface area contributed by atoms with Crippen LogP contribution in [0.3, 0.4) is 0 Å². The second-order valence-electron chi connectivity index (χ2n) is 3.82. The third kappa shape index (κ3) is 2.12. The summed E-state index contributed by atoms with van der Waals surface area (Å²) in [6.45, 7) is 4.87. The van der Waals surface area contributed by atoms with Crippen molar-refractivity contribution in [3.63, 3.8) is 0 Å². The zero-order valence-electron chi connectivity index (χ0n) is 9.21. The van der Waals surface area contributed by atoms with Crippen molar-refractivity contribution >= 4 is 11.3 Å². The molecule has 2 aromatic rings. The smallest absolute Gasteiger partial charge is 0.213 e. The highest BCUT2D eigenvalue weighted by atomic mass is 32.1. The van der Waals surface area contributed by atoms with Crippen molar-refractivity contribution in [2.45, 2.75) is 26.3 Å². The lowest BCUT2D eigenvalue weighted by Crippen LogP contribution is -2.02. The molecule has 5 heteroatoms. The van der Waals surface area contributed by atoms with Gasteiger partial charge in [-0.3, -0.25) is 0 Å². The monoisotopic (exact) mass is 232 g/mol. The second-order valence-corrected chi connectivity index (χ2v) is 4.71. The Morgan fingerprint density at radius 1 is 1.56 bits per heavy atom. The van der Waals surface area contributed by atoms with Crippen LogP contribution < -0.4 is 0 Å². The summed E-state index contributed by atoms with van der Waals surface area (Å²) < 4.78 is 1.80. The fourth-order valence-corrected chi connectivity index (χ4v) is 2.21. The standard InChI is InChI=1S/C11H12N4S/c1-8(2)11-14-9(7-16-11)6-15-4-3-13-10(15)5-12/h3-4,7-8H,6H2,1-2H3. The number of thiazole rings is 1. The minimum Gasteiger partial charge on any atom is -0.317 e. The van der Waals surface area contributed by atoms with Crippen molar-refractivity contribution < 1.29 is 0 Å². The molecule has 2 rings (SSSR count). The maximum absolute atomic E-state index is 8.83. The van der Waals surface area contributed by atoms with Gasteiger partial charge in [0, 0.05) is 23.7 Å². The van der Waals surface area contributed by atoms with E-state index in [1.807, 2.05) is 5.38 Å². The molecule has 0 amide bonds. The number of nitrogens with zero attached hydrogens (tertiary/aromatic N) is 4. The van der Waals surface area contributed by atoms with Gasteiger partial charge in [0.1, 0.15) is 6.07 Å². The highest BCUT2D eigenvalue weighted by Crippen LogP contribution is 2.19. The van der Waals surface area contributed by atoms with Crippen molar-refractivity contribution in [3.8, 4) is 6.07 Å². The predicted molar refractivity (Wildman–Crippen MR) is 62.2 cm³/mol. The van der Waals surface area contributed by atoms with Gasteiger partial charge in [0.2, 0.25) is 5.82 Å². The van der Waals surface area contributed by atoms with Crippen LogP contribution in [0.2, 0.25) is 0 Å². The first-order valence-electron chi connectivity index (χ1n) is 5.06. The number of hydrogen-bond acceptors (Lipinski definition) is 4. The van der Waals surface area contributed by atoms with Gasteiger partial charge >= 0.3 is 0 Å². The average molecular weight is 232 g/mol. The maximum atomic E-state index is 8.83. The minimum atomic E-state index is 0.430. The fraction of sp³-hybridized carbons (Fsp3) is 0.364. The molecule has 0 aliphatic carbocycles. The van der Waals surface area contributed by atoms with Crippen LogP contribution >= 0.6 is 11.3 Å². The van der Waals surface area contributed by atoms with Gasteiger partial charge in [0.25, 0.3) is 0 Å². The lowest BCUT2D eigenvalue weighted by atomic mass is 10.2. The first-order valence-corrected chi connectivity index (χ1v) is 5.94. The van der Waals surface area contributed by atoms with E-state index in [9.17, 15) is 0 Å². The zero-order chi connectivity index (χ0) is 11.5. The summed E-state index contributed by atoms with van der Waals surface area (Å²) in [5, 5.41) is 12.0. The molecule has 0 spiro atoms. The van der Waals surface area contributed by atoms with Crippen LogP contribution in [0, 0.1) is 11.3 Å². The van der Waals surface area contributed by atoms with E-state index in [0.717, 1.165) is 10.7 Å². The number of nitriles is 1. The van der Waals surface area contributed by atoms with Crippen LogP contribution in [0.4, 0.5) is 0 Å². The Morgan fingerprint density at radius 2 is 2.38 bits per heavy atom. The van der Waals surface area contributed by atoms with Gasteiger partial charge in [0.15, 0.2) is 0 Å². The summed E-state index contributed by atoms with van der Waals surface area (Å²) >= 11 is 1.67. The Bertz CT molecular complexity index is 518. The SMILES string of the molecule is CC(C)c1nc(Cn2ccnc2C#N)cs1. The van der Waals surface area contributed by atoms with Crippen LogP contribution in [-0.4, -0.2) is 14.5 Å². The molecule has 0 aliphatic heterocycles. The molecule has 0 radical (unpaired) electrons. The first kappa shape index (κ1) is 10.8. The lowest BCUT2D eigenvalue weighted by Gasteiger charge is -2.00. The summed E-state index contributed by atoms with van der Waals surface area (Å²) in [7, 11) is 0. The van der Waals surface area contributed by atoms with E-state index in [0.29, 0.717) is 18.3 Å². The molecule has 0 aromatic carbocycles. The second kappa shape index (κ2) is 4.45. The summed E-state index contributed by atoms with van der Waals surface area (Å²) in [5.74, 6) is 0.885. The zero-order valence-corrected chi connectivity index (χ0v) is 10.0. The van der Waals surface area contributed by atoms with Crippen LogP contribution in [0.5, 0.6) is 0 Å². The molecule has 2 heterocycles. The normalized spacial score (nSPS) is 10.6. The Balaban J connectivity index is 2.18. The topological polar surface area (TPSA) is 54.5 Å². The van der Waals surface area contributed by atoms with Crippen molar-refractivity contribution in [2.75, 3.05) is 0 Å². The van der Waals surface area contributed by atoms with Crippen molar-refractivity contribution in [1.82, 2.24) is 14.5 Å². The highest BCUT2D eigenvalue weighted by molar-refractivity contribution is 7.09. The third-order valence-electron chi connectivity index (χ3n) is 2.21. The summed E-state index contributed by atoms with van der Waals surface area (Å²) in [6.07, 6.45) is 3.43. The average Bonchev–Trinajstić information content (AvgIpc) is 2.87. The van der Waals surface area contributed by atoms with E-state index in [1.165, 1.54) is 0 Å². The van der Waals surface area contributed by atoms with Crippen molar-refractivity contribution in [1.29, 1.82) is 5.26 Å². The molecule has 4 nitrogen and oxygen atoms in total. The largest absolute Gasteiger partial charge is 0.317 e. The quantitative estimate of drug-likeness (QED) is 0.816. The van der Waals surface area contributed by atoms with Crippen LogP contribution in [0.1, 0.15) is 36.3 Å². The van der Waals surface area contributed by atoms with Gasteiger partial charge < -0.3 is 4.57 Å². The molecule has 0 aliphatic rings. The Kier molecular flexibility index (Phi) is 3.02. The molecule has 0 atom stereocenters. The molecule has 0 unspecified atom stereocenters. The Hall–Kier alpha value is -1.67.